The Labute approximate surface area is 214 Å². The number of aromatic nitrogens is 3. The summed E-state index contributed by atoms with van der Waals surface area (Å²) in [5.74, 6) is 2.27. The average Bonchev–Trinajstić information content (AvgIpc) is 3.57. The van der Waals surface area contributed by atoms with Crippen LogP contribution in [0.3, 0.4) is 0 Å². The molecule has 0 saturated carbocycles. The molecule has 0 saturated heterocycles. The summed E-state index contributed by atoms with van der Waals surface area (Å²) in [5.41, 5.74) is 1.15. The maximum Gasteiger partial charge on any atom is 0.260 e. The Balaban J connectivity index is 1.72. The van der Waals surface area contributed by atoms with Gasteiger partial charge in [-0.2, -0.15) is 0 Å². The summed E-state index contributed by atoms with van der Waals surface area (Å²) in [4.78, 5) is 24.5. The zero-order valence-electron chi connectivity index (χ0n) is 20.9. The molecular formula is C26H30N4O5S. The van der Waals surface area contributed by atoms with Crippen molar-refractivity contribution < 1.29 is 23.7 Å². The topological polar surface area (TPSA) is 87.9 Å². The van der Waals surface area contributed by atoms with Crippen molar-refractivity contribution >= 4 is 32.6 Å². The van der Waals surface area contributed by atoms with Crippen LogP contribution in [0, 0.1) is 0 Å². The van der Waals surface area contributed by atoms with Crippen molar-refractivity contribution in [3.8, 4) is 23.0 Å². The number of amides is 1. The Hall–Kier alpha value is -3.79. The van der Waals surface area contributed by atoms with Gasteiger partial charge >= 0.3 is 0 Å². The van der Waals surface area contributed by atoms with Crippen molar-refractivity contribution in [3.63, 3.8) is 0 Å². The van der Waals surface area contributed by atoms with Crippen molar-refractivity contribution in [1.29, 1.82) is 0 Å². The molecule has 0 aliphatic heterocycles. The lowest BCUT2D eigenvalue weighted by molar-refractivity contribution is 0.0985. The maximum absolute atomic E-state index is 13.9. The number of carbonyl (C=O) groups excluding carboxylic acids is 1. The third-order valence-electron chi connectivity index (χ3n) is 5.52. The molecule has 2 aromatic heterocycles. The summed E-state index contributed by atoms with van der Waals surface area (Å²) in [6, 6.07) is 8.92. The Morgan fingerprint density at radius 3 is 2.42 bits per heavy atom. The first kappa shape index (κ1) is 25.3. The van der Waals surface area contributed by atoms with Gasteiger partial charge in [0.25, 0.3) is 5.91 Å². The van der Waals surface area contributed by atoms with E-state index in [-0.39, 0.29) is 5.91 Å². The highest BCUT2D eigenvalue weighted by atomic mass is 32.1. The van der Waals surface area contributed by atoms with E-state index in [2.05, 4.69) is 4.98 Å². The van der Waals surface area contributed by atoms with Crippen LogP contribution in [0.15, 0.2) is 49.1 Å². The fourth-order valence-electron chi connectivity index (χ4n) is 3.84. The number of anilines is 1. The van der Waals surface area contributed by atoms with Gasteiger partial charge in [0.1, 0.15) is 21.7 Å². The van der Waals surface area contributed by atoms with E-state index in [1.54, 1.807) is 49.8 Å². The van der Waals surface area contributed by atoms with Crippen molar-refractivity contribution in [2.45, 2.75) is 26.8 Å². The van der Waals surface area contributed by atoms with Crippen LogP contribution in [0.5, 0.6) is 23.0 Å². The number of nitrogens with zero attached hydrogens (tertiary/aromatic N) is 4. The third kappa shape index (κ3) is 5.38. The van der Waals surface area contributed by atoms with Crippen molar-refractivity contribution in [2.75, 3.05) is 38.9 Å². The van der Waals surface area contributed by atoms with E-state index in [9.17, 15) is 4.79 Å². The number of imidazole rings is 1. The van der Waals surface area contributed by atoms with Crippen LogP contribution < -0.4 is 23.8 Å². The summed E-state index contributed by atoms with van der Waals surface area (Å²) >= 11 is 1.40. The van der Waals surface area contributed by atoms with Gasteiger partial charge < -0.3 is 23.5 Å². The zero-order valence-corrected chi connectivity index (χ0v) is 21.7. The van der Waals surface area contributed by atoms with Crippen LogP contribution >= 0.6 is 11.3 Å². The second kappa shape index (κ2) is 11.8. The molecule has 4 rings (SSSR count). The summed E-state index contributed by atoms with van der Waals surface area (Å²) in [6.45, 7) is 5.95. The predicted molar refractivity (Wildman–Crippen MR) is 140 cm³/mol. The number of fused-ring (bicyclic) bond motifs is 1. The van der Waals surface area contributed by atoms with E-state index >= 15 is 0 Å². The molecule has 0 N–H and O–H groups in total. The number of carbonyl (C=O) groups is 1. The molecule has 2 heterocycles. The Bertz CT molecular complexity index is 1260. The SMILES string of the molecule is CCOc1ccc(C(=O)N(CCCn2ccnc2)c2nc3c(OC)ccc(OC)c3s2)cc1OCC. The van der Waals surface area contributed by atoms with Gasteiger partial charge in [-0.1, -0.05) is 11.3 Å². The largest absolute Gasteiger partial charge is 0.495 e. The van der Waals surface area contributed by atoms with Gasteiger partial charge in [0.2, 0.25) is 0 Å². The fourth-order valence-corrected chi connectivity index (χ4v) is 4.94. The quantitative estimate of drug-likeness (QED) is 0.264. The highest BCUT2D eigenvalue weighted by Gasteiger charge is 2.24. The molecule has 0 radical (unpaired) electrons. The first-order chi connectivity index (χ1) is 17.6. The monoisotopic (exact) mass is 510 g/mol. The molecule has 36 heavy (non-hydrogen) atoms. The molecule has 0 bridgehead atoms. The molecule has 0 spiro atoms. The minimum atomic E-state index is -0.179. The first-order valence-electron chi connectivity index (χ1n) is 11.8. The molecule has 4 aromatic rings. The lowest BCUT2D eigenvalue weighted by Gasteiger charge is -2.21. The number of hydrogen-bond donors (Lipinski definition) is 0. The van der Waals surface area contributed by atoms with Crippen LogP contribution in [-0.2, 0) is 6.54 Å². The highest BCUT2D eigenvalue weighted by molar-refractivity contribution is 7.22. The lowest BCUT2D eigenvalue weighted by atomic mass is 10.1. The van der Waals surface area contributed by atoms with Gasteiger partial charge in [0.15, 0.2) is 16.6 Å². The summed E-state index contributed by atoms with van der Waals surface area (Å²) in [7, 11) is 3.22. The van der Waals surface area contributed by atoms with E-state index in [4.69, 9.17) is 23.9 Å². The molecule has 0 aliphatic carbocycles. The van der Waals surface area contributed by atoms with Gasteiger partial charge in [0.05, 0.1) is 33.8 Å². The normalized spacial score (nSPS) is 10.9. The van der Waals surface area contributed by atoms with E-state index in [1.165, 1.54) is 11.3 Å². The van der Waals surface area contributed by atoms with E-state index < -0.39 is 0 Å². The summed E-state index contributed by atoms with van der Waals surface area (Å²) < 4.78 is 25.3. The second-order valence-corrected chi connectivity index (χ2v) is 8.76. The lowest BCUT2D eigenvalue weighted by Crippen LogP contribution is -2.32. The van der Waals surface area contributed by atoms with Gasteiger partial charge in [-0.3, -0.25) is 9.69 Å². The second-order valence-electron chi connectivity index (χ2n) is 7.78. The molecule has 10 heteroatoms. The molecule has 9 nitrogen and oxygen atoms in total. The summed E-state index contributed by atoms with van der Waals surface area (Å²) in [6.07, 6.45) is 6.12. The smallest absolute Gasteiger partial charge is 0.260 e. The molecule has 0 unspecified atom stereocenters. The number of ether oxygens (including phenoxy) is 4. The van der Waals surface area contributed by atoms with Crippen molar-refractivity contribution in [3.05, 3.63) is 54.6 Å². The molecule has 2 aromatic carbocycles. The first-order valence-corrected chi connectivity index (χ1v) is 12.6. The van der Waals surface area contributed by atoms with Gasteiger partial charge in [0, 0.05) is 31.0 Å². The number of rotatable bonds is 12. The predicted octanol–water partition coefficient (Wildman–Crippen LogP) is 5.04. The highest BCUT2D eigenvalue weighted by Crippen LogP contribution is 2.40. The van der Waals surface area contributed by atoms with E-state index in [0.717, 1.165) is 11.2 Å². The maximum atomic E-state index is 13.9. The van der Waals surface area contributed by atoms with E-state index in [0.29, 0.717) is 65.4 Å². The Morgan fingerprint density at radius 1 is 1.00 bits per heavy atom. The van der Waals surface area contributed by atoms with Crippen molar-refractivity contribution in [2.24, 2.45) is 0 Å². The van der Waals surface area contributed by atoms with Crippen LogP contribution in [0.4, 0.5) is 5.13 Å². The third-order valence-corrected chi connectivity index (χ3v) is 6.62. The number of thiazole rings is 1. The minimum Gasteiger partial charge on any atom is -0.495 e. The number of methoxy groups -OCH3 is 2. The molecule has 1 amide bonds. The van der Waals surface area contributed by atoms with Crippen molar-refractivity contribution in [1.82, 2.24) is 14.5 Å². The number of benzene rings is 2. The standard InChI is InChI=1S/C26H30N4O5S/c1-5-34-19-9-8-18(16-22(19)35-6-2)25(31)30(14-7-13-29-15-12-27-17-29)26-28-23-20(32-3)10-11-21(33-4)24(23)36-26/h8-12,15-17H,5-7,13-14H2,1-4H3. The number of aryl methyl sites for hydroxylation is 1. The molecule has 0 atom stereocenters. The number of hydrogen-bond acceptors (Lipinski definition) is 8. The van der Waals surface area contributed by atoms with E-state index in [1.807, 2.05) is 36.7 Å². The molecule has 0 aliphatic rings. The fraction of sp³-hybridized carbons (Fsp3) is 0.346. The minimum absolute atomic E-state index is 0.179. The Kier molecular flexibility index (Phi) is 8.27. The van der Waals surface area contributed by atoms with Crippen LogP contribution in [0.25, 0.3) is 10.2 Å². The molecular weight excluding hydrogens is 480 g/mol. The van der Waals surface area contributed by atoms with Crippen LogP contribution in [-0.4, -0.2) is 54.4 Å². The molecule has 190 valence electrons. The molecule has 0 fully saturated rings. The van der Waals surface area contributed by atoms with Gasteiger partial charge in [-0.25, -0.2) is 9.97 Å². The van der Waals surface area contributed by atoms with Crippen LogP contribution in [0.1, 0.15) is 30.6 Å². The summed E-state index contributed by atoms with van der Waals surface area (Å²) in [5, 5.41) is 0.565. The average molecular weight is 511 g/mol. The zero-order chi connectivity index (χ0) is 25.5. The van der Waals surface area contributed by atoms with Crippen LogP contribution in [0.2, 0.25) is 0 Å². The van der Waals surface area contributed by atoms with Gasteiger partial charge in [-0.05, 0) is 50.6 Å². The van der Waals surface area contributed by atoms with Gasteiger partial charge in [-0.15, -0.1) is 0 Å². The Morgan fingerprint density at radius 2 is 1.72 bits per heavy atom.